The molecule has 0 aliphatic carbocycles. The van der Waals surface area contributed by atoms with E-state index < -0.39 is 12.1 Å². The summed E-state index contributed by atoms with van der Waals surface area (Å²) in [5.41, 5.74) is 0.964. The summed E-state index contributed by atoms with van der Waals surface area (Å²) in [6.07, 6.45) is 3.36. The normalized spacial score (nSPS) is 12.4. The van der Waals surface area contributed by atoms with E-state index in [9.17, 15) is 9.90 Å². The van der Waals surface area contributed by atoms with Crippen LogP contribution in [-0.4, -0.2) is 22.8 Å². The Bertz CT molecular complexity index is 733. The minimum absolute atomic E-state index is 0.280. The van der Waals surface area contributed by atoms with Crippen molar-refractivity contribution in [3.8, 4) is 11.5 Å². The van der Waals surface area contributed by atoms with Gasteiger partial charge in [-0.2, -0.15) is 0 Å². The van der Waals surface area contributed by atoms with Gasteiger partial charge in [-0.1, -0.05) is 30.2 Å². The first-order valence-electron chi connectivity index (χ1n) is 9.66. The number of carbonyl (C=O) groups is 1. The molecule has 4 nitrogen and oxygen atoms in total. The summed E-state index contributed by atoms with van der Waals surface area (Å²) in [6, 6.07) is 14.9. The van der Waals surface area contributed by atoms with Crippen LogP contribution in [0.25, 0.3) is 0 Å². The van der Waals surface area contributed by atoms with Gasteiger partial charge in [0.15, 0.2) is 6.10 Å². The maximum absolute atomic E-state index is 11.5. The van der Waals surface area contributed by atoms with Gasteiger partial charge in [0.1, 0.15) is 17.1 Å². The second-order valence-corrected chi connectivity index (χ2v) is 8.29. The number of aryl methyl sites for hydroxylation is 1. The number of carboxylic acid groups (broad SMARTS) is 1. The van der Waals surface area contributed by atoms with Gasteiger partial charge in [-0.25, -0.2) is 4.79 Å². The van der Waals surface area contributed by atoms with Crippen LogP contribution in [0.5, 0.6) is 11.5 Å². The van der Waals surface area contributed by atoms with Gasteiger partial charge in [-0.05, 0) is 88.4 Å². The van der Waals surface area contributed by atoms with Gasteiger partial charge in [0.25, 0.3) is 0 Å². The van der Waals surface area contributed by atoms with Gasteiger partial charge in [-0.3, -0.25) is 0 Å². The third kappa shape index (κ3) is 8.22. The zero-order chi connectivity index (χ0) is 20.6. The topological polar surface area (TPSA) is 55.8 Å². The number of unbranched alkanes of at least 4 members (excludes halogenated alkanes) is 2. The van der Waals surface area contributed by atoms with Crippen LogP contribution in [0.4, 0.5) is 0 Å². The fourth-order valence-corrected chi connectivity index (χ4v) is 2.95. The molecule has 1 atom stereocenters. The van der Waals surface area contributed by atoms with Crippen molar-refractivity contribution in [2.45, 2.75) is 64.6 Å². The standard InChI is InChI=1S/C23H29ClO4/c1-23(2,3)28-20-15-13-19(14-16-20)27-21(22(25)26)8-6-4-5-7-17-9-11-18(24)12-10-17/h9-16,21H,4-8H2,1-3H3,(H,25,26). The highest BCUT2D eigenvalue weighted by atomic mass is 35.5. The van der Waals surface area contributed by atoms with Crippen LogP contribution in [-0.2, 0) is 11.2 Å². The molecule has 0 radical (unpaired) electrons. The van der Waals surface area contributed by atoms with E-state index in [0.29, 0.717) is 12.2 Å². The molecule has 1 unspecified atom stereocenters. The van der Waals surface area contributed by atoms with Crippen LogP contribution in [0.2, 0.25) is 5.02 Å². The van der Waals surface area contributed by atoms with E-state index in [4.69, 9.17) is 21.1 Å². The molecule has 0 saturated heterocycles. The van der Waals surface area contributed by atoms with E-state index in [1.807, 2.05) is 45.0 Å². The van der Waals surface area contributed by atoms with E-state index in [1.54, 1.807) is 24.3 Å². The highest BCUT2D eigenvalue weighted by Crippen LogP contribution is 2.23. The van der Waals surface area contributed by atoms with Crippen molar-refractivity contribution in [3.63, 3.8) is 0 Å². The van der Waals surface area contributed by atoms with Crippen molar-refractivity contribution in [2.24, 2.45) is 0 Å². The summed E-state index contributed by atoms with van der Waals surface area (Å²) in [4.78, 5) is 11.5. The lowest BCUT2D eigenvalue weighted by molar-refractivity contribution is -0.145. The molecule has 2 rings (SSSR count). The molecular weight excluding hydrogens is 376 g/mol. The van der Waals surface area contributed by atoms with E-state index in [-0.39, 0.29) is 5.60 Å². The molecule has 0 bridgehead atoms. The number of carboxylic acids is 1. The van der Waals surface area contributed by atoms with Crippen LogP contribution in [0, 0.1) is 0 Å². The fourth-order valence-electron chi connectivity index (χ4n) is 2.82. The SMILES string of the molecule is CC(C)(C)Oc1ccc(OC(CCCCCc2ccc(Cl)cc2)C(=O)O)cc1. The zero-order valence-electron chi connectivity index (χ0n) is 16.8. The first-order valence-corrected chi connectivity index (χ1v) is 10.0. The number of hydrogen-bond acceptors (Lipinski definition) is 3. The lowest BCUT2D eigenvalue weighted by atomic mass is 10.0. The van der Waals surface area contributed by atoms with Gasteiger partial charge in [-0.15, -0.1) is 0 Å². The Labute approximate surface area is 172 Å². The number of benzene rings is 2. The molecule has 0 aliphatic heterocycles. The van der Waals surface area contributed by atoms with Crippen LogP contribution < -0.4 is 9.47 Å². The van der Waals surface area contributed by atoms with Crippen molar-refractivity contribution in [2.75, 3.05) is 0 Å². The van der Waals surface area contributed by atoms with Gasteiger partial charge in [0.05, 0.1) is 0 Å². The molecule has 0 spiro atoms. The van der Waals surface area contributed by atoms with Crippen LogP contribution in [0.1, 0.15) is 52.0 Å². The smallest absolute Gasteiger partial charge is 0.344 e. The van der Waals surface area contributed by atoms with Crippen LogP contribution in [0.15, 0.2) is 48.5 Å². The lowest BCUT2D eigenvalue weighted by Crippen LogP contribution is -2.27. The molecular formula is C23H29ClO4. The van der Waals surface area contributed by atoms with Crippen molar-refractivity contribution in [3.05, 3.63) is 59.1 Å². The Morgan fingerprint density at radius 2 is 1.57 bits per heavy atom. The summed E-state index contributed by atoms with van der Waals surface area (Å²) in [5, 5.41) is 10.2. The van der Waals surface area contributed by atoms with E-state index in [0.717, 1.165) is 36.5 Å². The quantitative estimate of drug-likeness (QED) is 0.482. The number of hydrogen-bond donors (Lipinski definition) is 1. The molecule has 2 aromatic rings. The highest BCUT2D eigenvalue weighted by molar-refractivity contribution is 6.30. The van der Waals surface area contributed by atoms with Crippen LogP contribution >= 0.6 is 11.6 Å². The zero-order valence-corrected chi connectivity index (χ0v) is 17.5. The summed E-state index contributed by atoms with van der Waals surface area (Å²) in [7, 11) is 0. The third-order valence-electron chi connectivity index (χ3n) is 4.15. The summed E-state index contributed by atoms with van der Waals surface area (Å²) in [6.45, 7) is 5.93. The van der Waals surface area contributed by atoms with Gasteiger partial charge >= 0.3 is 5.97 Å². The predicted octanol–water partition coefficient (Wildman–Crippen LogP) is 6.15. The molecule has 0 amide bonds. The number of halogens is 1. The number of rotatable bonds is 10. The number of ether oxygens (including phenoxy) is 2. The molecule has 1 N–H and O–H groups in total. The first kappa shape index (κ1) is 22.1. The summed E-state index contributed by atoms with van der Waals surface area (Å²) in [5.74, 6) is 0.330. The maximum atomic E-state index is 11.5. The van der Waals surface area contributed by atoms with Crippen molar-refractivity contribution in [1.29, 1.82) is 0 Å². The predicted molar refractivity (Wildman–Crippen MR) is 112 cm³/mol. The summed E-state index contributed by atoms with van der Waals surface area (Å²) < 4.78 is 11.4. The highest BCUT2D eigenvalue weighted by Gasteiger charge is 2.19. The Balaban J connectivity index is 1.76. The van der Waals surface area contributed by atoms with Crippen LogP contribution in [0.3, 0.4) is 0 Å². The summed E-state index contributed by atoms with van der Waals surface area (Å²) >= 11 is 5.89. The minimum atomic E-state index is -0.937. The third-order valence-corrected chi connectivity index (χ3v) is 4.40. The average Bonchev–Trinajstić information content (AvgIpc) is 2.62. The van der Waals surface area contributed by atoms with Gasteiger partial charge in [0.2, 0.25) is 0 Å². The molecule has 2 aromatic carbocycles. The fraction of sp³-hybridized carbons (Fsp3) is 0.435. The molecule has 0 heterocycles. The number of aliphatic carboxylic acids is 1. The molecule has 0 aromatic heterocycles. The van der Waals surface area contributed by atoms with Crippen molar-refractivity contribution in [1.82, 2.24) is 0 Å². The lowest BCUT2D eigenvalue weighted by Gasteiger charge is -2.21. The van der Waals surface area contributed by atoms with E-state index in [1.165, 1.54) is 5.56 Å². The molecule has 0 aliphatic rings. The van der Waals surface area contributed by atoms with Crippen molar-refractivity contribution >= 4 is 17.6 Å². The average molecular weight is 405 g/mol. The largest absolute Gasteiger partial charge is 0.488 e. The minimum Gasteiger partial charge on any atom is -0.488 e. The van der Waals surface area contributed by atoms with E-state index in [2.05, 4.69) is 0 Å². The Hall–Kier alpha value is -2.20. The first-order chi connectivity index (χ1) is 13.2. The van der Waals surface area contributed by atoms with E-state index >= 15 is 0 Å². The molecule has 5 heteroatoms. The van der Waals surface area contributed by atoms with Gasteiger partial charge in [0, 0.05) is 5.02 Å². The maximum Gasteiger partial charge on any atom is 0.344 e. The second-order valence-electron chi connectivity index (χ2n) is 7.86. The Kier molecular flexibility index (Phi) is 8.18. The second kappa shape index (κ2) is 10.4. The van der Waals surface area contributed by atoms with Crippen molar-refractivity contribution < 1.29 is 19.4 Å². The Morgan fingerprint density at radius 1 is 0.964 bits per heavy atom. The molecule has 0 saturated carbocycles. The molecule has 0 fully saturated rings. The Morgan fingerprint density at radius 3 is 2.14 bits per heavy atom. The monoisotopic (exact) mass is 404 g/mol. The molecule has 28 heavy (non-hydrogen) atoms. The van der Waals surface area contributed by atoms with Gasteiger partial charge < -0.3 is 14.6 Å². The molecule has 152 valence electrons.